The molecular formula is C23H18BrCl2NO3S. The van der Waals surface area contributed by atoms with Crippen LogP contribution in [-0.4, -0.2) is 18.8 Å². The third-order valence-electron chi connectivity index (χ3n) is 4.81. The van der Waals surface area contributed by atoms with Crippen LogP contribution in [0.25, 0.3) is 0 Å². The standard InChI is InChI=1S/C23H18BrCl2NO3S/c1-29-20-11-15(10-19(24)22(20)30-12-14-2-4-16(25)5-3-14)23-27(21(28)13-31-23)18-8-6-17(26)7-9-18/h2-11,23H,12-13H2,1H3/t23-/m0/s1. The Bertz CT molecular complexity index is 1090. The first kappa shape index (κ1) is 22.3. The van der Waals surface area contributed by atoms with Gasteiger partial charge in [-0.2, -0.15) is 0 Å². The predicted molar refractivity (Wildman–Crippen MR) is 131 cm³/mol. The smallest absolute Gasteiger partial charge is 0.238 e. The largest absolute Gasteiger partial charge is 0.493 e. The van der Waals surface area contributed by atoms with Crippen LogP contribution in [-0.2, 0) is 11.4 Å². The van der Waals surface area contributed by atoms with Crippen LogP contribution in [0.4, 0.5) is 5.69 Å². The zero-order chi connectivity index (χ0) is 22.0. The van der Waals surface area contributed by atoms with Crippen molar-refractivity contribution in [3.63, 3.8) is 0 Å². The van der Waals surface area contributed by atoms with Gasteiger partial charge in [-0.3, -0.25) is 9.69 Å². The number of anilines is 1. The minimum atomic E-state index is -0.177. The Hall–Kier alpha value is -1.86. The van der Waals surface area contributed by atoms with Crippen molar-refractivity contribution in [2.75, 3.05) is 17.8 Å². The summed E-state index contributed by atoms with van der Waals surface area (Å²) in [6.45, 7) is 0.374. The lowest BCUT2D eigenvalue weighted by Gasteiger charge is -2.25. The number of carbonyl (C=O) groups excluding carboxylic acids is 1. The van der Waals surface area contributed by atoms with Crippen LogP contribution in [0, 0.1) is 0 Å². The summed E-state index contributed by atoms with van der Waals surface area (Å²) in [5.41, 5.74) is 2.74. The van der Waals surface area contributed by atoms with Crippen molar-refractivity contribution in [3.05, 3.63) is 86.3 Å². The second-order valence-corrected chi connectivity index (χ2v) is 9.65. The van der Waals surface area contributed by atoms with E-state index in [0.717, 1.165) is 21.3 Å². The first-order chi connectivity index (χ1) is 15.0. The summed E-state index contributed by atoms with van der Waals surface area (Å²) < 4.78 is 12.4. The average Bonchev–Trinajstić information content (AvgIpc) is 3.15. The third-order valence-corrected chi connectivity index (χ3v) is 7.11. The normalized spacial score (nSPS) is 15.9. The molecule has 3 aromatic carbocycles. The maximum absolute atomic E-state index is 12.6. The van der Waals surface area contributed by atoms with E-state index < -0.39 is 0 Å². The van der Waals surface area contributed by atoms with Crippen LogP contribution >= 0.6 is 50.9 Å². The number of amides is 1. The van der Waals surface area contributed by atoms with Gasteiger partial charge in [-0.1, -0.05) is 35.3 Å². The molecule has 8 heteroatoms. The predicted octanol–water partition coefficient (Wildman–Crippen LogP) is 7.12. The topological polar surface area (TPSA) is 38.8 Å². The summed E-state index contributed by atoms with van der Waals surface area (Å²) in [7, 11) is 1.60. The fraction of sp³-hybridized carbons (Fsp3) is 0.174. The molecule has 1 heterocycles. The highest BCUT2D eigenvalue weighted by atomic mass is 79.9. The number of thioether (sulfide) groups is 1. The molecule has 1 aliphatic rings. The van der Waals surface area contributed by atoms with Gasteiger partial charge in [0.15, 0.2) is 11.5 Å². The van der Waals surface area contributed by atoms with Crippen LogP contribution in [0.2, 0.25) is 10.0 Å². The molecule has 31 heavy (non-hydrogen) atoms. The molecule has 160 valence electrons. The van der Waals surface area contributed by atoms with Crippen LogP contribution in [0.3, 0.4) is 0 Å². The maximum atomic E-state index is 12.6. The first-order valence-electron chi connectivity index (χ1n) is 9.40. The van der Waals surface area contributed by atoms with Gasteiger partial charge in [0.05, 0.1) is 17.3 Å². The number of rotatable bonds is 6. The number of halogens is 3. The highest BCUT2D eigenvalue weighted by Gasteiger charge is 2.35. The molecule has 4 nitrogen and oxygen atoms in total. The molecule has 1 amide bonds. The van der Waals surface area contributed by atoms with Crippen molar-refractivity contribution in [2.45, 2.75) is 12.0 Å². The fourth-order valence-electron chi connectivity index (χ4n) is 3.31. The Balaban J connectivity index is 1.61. The van der Waals surface area contributed by atoms with E-state index in [4.69, 9.17) is 32.7 Å². The zero-order valence-electron chi connectivity index (χ0n) is 16.5. The fourth-order valence-corrected chi connectivity index (χ4v) is 5.29. The van der Waals surface area contributed by atoms with Gasteiger partial charge in [-0.25, -0.2) is 0 Å². The average molecular weight is 539 g/mol. The monoisotopic (exact) mass is 537 g/mol. The van der Waals surface area contributed by atoms with E-state index in [1.807, 2.05) is 48.5 Å². The summed E-state index contributed by atoms with van der Waals surface area (Å²) in [6, 6.07) is 18.7. The maximum Gasteiger partial charge on any atom is 0.238 e. The molecule has 0 aliphatic carbocycles. The Labute approximate surface area is 203 Å². The Morgan fingerprint density at radius 2 is 1.71 bits per heavy atom. The minimum Gasteiger partial charge on any atom is -0.493 e. The lowest BCUT2D eigenvalue weighted by atomic mass is 10.1. The van der Waals surface area contributed by atoms with E-state index in [-0.39, 0.29) is 11.3 Å². The van der Waals surface area contributed by atoms with Crippen molar-refractivity contribution in [1.82, 2.24) is 0 Å². The van der Waals surface area contributed by atoms with Gasteiger partial charge in [-0.05, 0) is 75.6 Å². The van der Waals surface area contributed by atoms with Crippen LogP contribution in [0.15, 0.2) is 65.1 Å². The van der Waals surface area contributed by atoms with Gasteiger partial charge in [0.1, 0.15) is 12.0 Å². The second-order valence-electron chi connectivity index (χ2n) is 6.85. The molecule has 1 atom stereocenters. The molecule has 0 unspecified atom stereocenters. The SMILES string of the molecule is COc1cc([C@@H]2SCC(=O)N2c2ccc(Cl)cc2)cc(Br)c1OCc1ccc(Cl)cc1. The zero-order valence-corrected chi connectivity index (χ0v) is 20.4. The van der Waals surface area contributed by atoms with Crippen molar-refractivity contribution in [3.8, 4) is 11.5 Å². The summed E-state index contributed by atoms with van der Waals surface area (Å²) >= 11 is 17.2. The van der Waals surface area contributed by atoms with Crippen molar-refractivity contribution in [2.24, 2.45) is 0 Å². The molecule has 3 aromatic rings. The Kier molecular flexibility index (Phi) is 7.02. The number of nitrogens with zero attached hydrogens (tertiary/aromatic N) is 1. The number of methoxy groups -OCH3 is 1. The number of ether oxygens (including phenoxy) is 2. The van der Waals surface area contributed by atoms with Crippen LogP contribution in [0.5, 0.6) is 11.5 Å². The molecule has 1 saturated heterocycles. The van der Waals surface area contributed by atoms with E-state index in [9.17, 15) is 4.79 Å². The summed E-state index contributed by atoms with van der Waals surface area (Å²) in [4.78, 5) is 14.4. The molecule has 4 rings (SSSR count). The summed E-state index contributed by atoms with van der Waals surface area (Å²) in [5, 5.41) is 1.14. The van der Waals surface area contributed by atoms with Gasteiger partial charge in [0.25, 0.3) is 0 Å². The number of hydrogen-bond acceptors (Lipinski definition) is 4. The molecule has 0 radical (unpaired) electrons. The summed E-state index contributed by atoms with van der Waals surface area (Å²) in [5.74, 6) is 1.65. The lowest BCUT2D eigenvalue weighted by Crippen LogP contribution is -2.27. The Morgan fingerprint density at radius 3 is 2.35 bits per heavy atom. The molecule has 1 fully saturated rings. The van der Waals surface area contributed by atoms with Gasteiger partial charge in [0.2, 0.25) is 5.91 Å². The molecule has 0 N–H and O–H groups in total. The first-order valence-corrected chi connectivity index (χ1v) is 12.0. The summed E-state index contributed by atoms with van der Waals surface area (Å²) in [6.07, 6.45) is 0. The molecule has 1 aliphatic heterocycles. The van der Waals surface area contributed by atoms with E-state index in [0.29, 0.717) is 33.9 Å². The van der Waals surface area contributed by atoms with E-state index in [2.05, 4.69) is 15.9 Å². The molecule has 0 aromatic heterocycles. The van der Waals surface area contributed by atoms with Crippen molar-refractivity contribution >= 4 is 62.5 Å². The molecule has 0 saturated carbocycles. The second kappa shape index (κ2) is 9.74. The van der Waals surface area contributed by atoms with E-state index in [1.165, 1.54) is 0 Å². The number of benzene rings is 3. The van der Waals surface area contributed by atoms with Gasteiger partial charge in [-0.15, -0.1) is 11.8 Å². The van der Waals surface area contributed by atoms with Crippen LogP contribution < -0.4 is 14.4 Å². The van der Waals surface area contributed by atoms with E-state index in [1.54, 1.807) is 35.9 Å². The molecule has 0 spiro atoms. The lowest BCUT2D eigenvalue weighted by molar-refractivity contribution is -0.115. The third kappa shape index (κ3) is 4.98. The quantitative estimate of drug-likeness (QED) is 0.335. The van der Waals surface area contributed by atoms with Crippen molar-refractivity contribution < 1.29 is 14.3 Å². The highest BCUT2D eigenvalue weighted by molar-refractivity contribution is 9.10. The minimum absolute atomic E-state index is 0.0514. The molecular weight excluding hydrogens is 521 g/mol. The molecule has 0 bridgehead atoms. The van der Waals surface area contributed by atoms with Gasteiger partial charge >= 0.3 is 0 Å². The Morgan fingerprint density at radius 1 is 1.06 bits per heavy atom. The highest BCUT2D eigenvalue weighted by Crippen LogP contribution is 2.46. The number of carbonyl (C=O) groups is 1. The van der Waals surface area contributed by atoms with Gasteiger partial charge in [0, 0.05) is 15.7 Å². The van der Waals surface area contributed by atoms with Gasteiger partial charge < -0.3 is 9.47 Å². The van der Waals surface area contributed by atoms with Crippen molar-refractivity contribution in [1.29, 1.82) is 0 Å². The van der Waals surface area contributed by atoms with Crippen LogP contribution in [0.1, 0.15) is 16.5 Å². The number of hydrogen-bond donors (Lipinski definition) is 0. The van der Waals surface area contributed by atoms with E-state index >= 15 is 0 Å².